The van der Waals surface area contributed by atoms with E-state index in [4.69, 9.17) is 34.4 Å². The van der Waals surface area contributed by atoms with Crippen LogP contribution < -0.4 is 14.4 Å². The van der Waals surface area contributed by atoms with Gasteiger partial charge in [-0.15, -0.1) is 6.42 Å². The molecule has 2 N–H and O–H groups in total. The number of nitrogens with one attached hydrogen (secondary N) is 1. The maximum absolute atomic E-state index is 13.0. The summed E-state index contributed by atoms with van der Waals surface area (Å²) in [6.07, 6.45) is 0.256. The van der Waals surface area contributed by atoms with E-state index in [1.54, 1.807) is 0 Å². The van der Waals surface area contributed by atoms with Crippen LogP contribution in [0.5, 0.6) is 5.75 Å². The molecule has 0 atom stereocenters. The van der Waals surface area contributed by atoms with Gasteiger partial charge in [0.2, 0.25) is 0 Å². The van der Waals surface area contributed by atoms with Crippen molar-refractivity contribution in [2.75, 3.05) is 23.3 Å². The molecular formula is C19H12Cl2F3N3O5S. The minimum atomic E-state index is -4.86. The highest BCUT2D eigenvalue weighted by molar-refractivity contribution is 7.97. The van der Waals surface area contributed by atoms with Gasteiger partial charge in [0, 0.05) is 13.1 Å². The van der Waals surface area contributed by atoms with E-state index in [1.807, 2.05) is 0 Å². The molecule has 174 valence electrons. The molecule has 1 aromatic heterocycles. The van der Waals surface area contributed by atoms with Gasteiger partial charge in [0.05, 0.1) is 21.3 Å². The van der Waals surface area contributed by atoms with Crippen molar-refractivity contribution in [1.82, 2.24) is 4.98 Å². The number of alkyl halides is 3. The highest BCUT2D eigenvalue weighted by atomic mass is 35.5. The van der Waals surface area contributed by atoms with Crippen molar-refractivity contribution in [1.29, 1.82) is 0 Å². The maximum Gasteiger partial charge on any atom is 0.433 e. The number of nitrogens with zero attached hydrogens (tertiary/aromatic N) is 2. The van der Waals surface area contributed by atoms with Crippen molar-refractivity contribution in [2.45, 2.75) is 6.18 Å². The molecule has 2 aromatic rings. The van der Waals surface area contributed by atoms with E-state index in [1.165, 1.54) is 12.1 Å². The number of aliphatic hydroxyl groups excluding tert-OH is 1. The number of ether oxygens (including phenoxy) is 1. The molecule has 0 radical (unpaired) electrons. The summed E-state index contributed by atoms with van der Waals surface area (Å²) in [5.74, 6) is -0.866. The predicted octanol–water partition coefficient (Wildman–Crippen LogP) is 4.06. The van der Waals surface area contributed by atoms with Crippen molar-refractivity contribution in [3.8, 4) is 18.1 Å². The van der Waals surface area contributed by atoms with Gasteiger partial charge in [-0.2, -0.15) is 13.2 Å². The van der Waals surface area contributed by atoms with E-state index in [0.29, 0.717) is 10.4 Å². The van der Waals surface area contributed by atoms with Crippen molar-refractivity contribution < 1.29 is 36.2 Å². The van der Waals surface area contributed by atoms with Gasteiger partial charge >= 0.3 is 6.18 Å². The normalized spacial score (nSPS) is 15.0. The van der Waals surface area contributed by atoms with Crippen molar-refractivity contribution in [3.05, 3.63) is 50.5 Å². The number of sulfonamides is 1. The zero-order valence-corrected chi connectivity index (χ0v) is 18.7. The second kappa shape index (κ2) is 8.66. The zero-order chi connectivity index (χ0) is 24.7. The van der Waals surface area contributed by atoms with E-state index < -0.39 is 49.8 Å². The van der Waals surface area contributed by atoms with E-state index in [-0.39, 0.29) is 28.1 Å². The van der Waals surface area contributed by atoms with Crippen LogP contribution in [-0.4, -0.2) is 38.1 Å². The molecule has 1 aromatic carbocycles. The Hall–Kier alpha value is -3.14. The molecule has 1 amide bonds. The second-order valence-electron chi connectivity index (χ2n) is 6.43. The number of benzene rings is 1. The van der Waals surface area contributed by atoms with Crippen LogP contribution in [0.25, 0.3) is 5.76 Å². The number of carbonyl (C=O) groups is 1. The SMILES string of the molecule is C#CCOc1cc(NC(=O)C2=C(O)c3ccc(C(F)(F)F)nc3N(C)S2(=O)=O)c(Cl)cc1Cl. The van der Waals surface area contributed by atoms with Crippen LogP contribution in [0.4, 0.5) is 24.7 Å². The minimum absolute atomic E-state index is 0.0327. The summed E-state index contributed by atoms with van der Waals surface area (Å²) in [5.41, 5.74) is -1.91. The Morgan fingerprint density at radius 1 is 1.30 bits per heavy atom. The van der Waals surface area contributed by atoms with Gasteiger partial charge in [-0.1, -0.05) is 29.1 Å². The Morgan fingerprint density at radius 3 is 2.58 bits per heavy atom. The predicted molar refractivity (Wildman–Crippen MR) is 116 cm³/mol. The van der Waals surface area contributed by atoms with Gasteiger partial charge < -0.3 is 15.2 Å². The summed E-state index contributed by atoms with van der Waals surface area (Å²) in [6.45, 7) is -0.163. The number of halogens is 5. The lowest BCUT2D eigenvalue weighted by Crippen LogP contribution is -2.38. The summed E-state index contributed by atoms with van der Waals surface area (Å²) in [5, 5.41) is 12.7. The van der Waals surface area contributed by atoms with E-state index in [0.717, 1.165) is 13.1 Å². The van der Waals surface area contributed by atoms with Crippen LogP contribution >= 0.6 is 23.2 Å². The summed E-state index contributed by atoms with van der Waals surface area (Å²) < 4.78 is 70.2. The lowest BCUT2D eigenvalue weighted by atomic mass is 10.1. The number of anilines is 2. The van der Waals surface area contributed by atoms with Crippen LogP contribution in [-0.2, 0) is 21.0 Å². The lowest BCUT2D eigenvalue weighted by Gasteiger charge is -2.28. The number of hydrogen-bond donors (Lipinski definition) is 2. The molecular weight excluding hydrogens is 510 g/mol. The number of aromatic nitrogens is 1. The molecule has 14 heteroatoms. The fraction of sp³-hybridized carbons (Fsp3) is 0.158. The molecule has 1 aliphatic heterocycles. The molecule has 0 spiro atoms. The number of fused-ring (bicyclic) bond motifs is 1. The minimum Gasteiger partial charge on any atom is -0.506 e. The van der Waals surface area contributed by atoms with Gasteiger partial charge in [-0.25, -0.2) is 13.4 Å². The first-order valence-corrected chi connectivity index (χ1v) is 10.9. The summed E-state index contributed by atoms with van der Waals surface area (Å²) in [7, 11) is -3.91. The monoisotopic (exact) mass is 521 g/mol. The second-order valence-corrected chi connectivity index (χ2v) is 9.15. The molecule has 0 unspecified atom stereocenters. The number of pyridine rings is 1. The van der Waals surface area contributed by atoms with Gasteiger partial charge in [0.25, 0.3) is 15.9 Å². The third kappa shape index (κ3) is 4.52. The Balaban J connectivity index is 2.07. The maximum atomic E-state index is 13.0. The molecule has 1 aliphatic rings. The van der Waals surface area contributed by atoms with Crippen LogP contribution in [0.2, 0.25) is 10.0 Å². The third-order valence-corrected chi connectivity index (χ3v) is 6.74. The zero-order valence-electron chi connectivity index (χ0n) is 16.4. The van der Waals surface area contributed by atoms with Crippen LogP contribution in [0.1, 0.15) is 11.3 Å². The number of amides is 1. The van der Waals surface area contributed by atoms with E-state index in [2.05, 4.69) is 16.2 Å². The Kier molecular flexibility index (Phi) is 6.43. The number of terminal acetylenes is 1. The highest BCUT2D eigenvalue weighted by Gasteiger charge is 2.42. The van der Waals surface area contributed by atoms with Crippen molar-refractivity contribution in [2.24, 2.45) is 0 Å². The number of aliphatic hydroxyl groups is 1. The van der Waals surface area contributed by atoms with Crippen LogP contribution in [0, 0.1) is 12.3 Å². The van der Waals surface area contributed by atoms with Crippen molar-refractivity contribution in [3.63, 3.8) is 0 Å². The Morgan fingerprint density at radius 2 is 1.97 bits per heavy atom. The quantitative estimate of drug-likeness (QED) is 0.587. The van der Waals surface area contributed by atoms with Crippen molar-refractivity contribution >= 4 is 56.4 Å². The Labute approximate surface area is 195 Å². The van der Waals surface area contributed by atoms with E-state index in [9.17, 15) is 31.5 Å². The summed E-state index contributed by atoms with van der Waals surface area (Å²) >= 11 is 12.0. The topological polar surface area (TPSA) is 109 Å². The lowest BCUT2D eigenvalue weighted by molar-refractivity contribution is -0.141. The molecule has 0 saturated heterocycles. The molecule has 3 rings (SSSR count). The fourth-order valence-electron chi connectivity index (χ4n) is 2.79. The molecule has 8 nitrogen and oxygen atoms in total. The molecule has 2 heterocycles. The molecule has 0 fully saturated rings. The molecule has 0 aliphatic carbocycles. The largest absolute Gasteiger partial charge is 0.506 e. The summed E-state index contributed by atoms with van der Waals surface area (Å²) in [4.78, 5) is 15.0. The first-order chi connectivity index (χ1) is 15.3. The Bertz CT molecular complexity index is 1340. The summed E-state index contributed by atoms with van der Waals surface area (Å²) in [6, 6.07) is 3.74. The number of rotatable bonds is 4. The van der Waals surface area contributed by atoms with Gasteiger partial charge in [0.1, 0.15) is 18.1 Å². The number of carbonyl (C=O) groups excluding carboxylic acids is 1. The molecule has 0 bridgehead atoms. The first kappa shape index (κ1) is 24.5. The van der Waals surface area contributed by atoms with Gasteiger partial charge in [0.15, 0.2) is 16.5 Å². The molecule has 33 heavy (non-hydrogen) atoms. The highest BCUT2D eigenvalue weighted by Crippen LogP contribution is 2.40. The average Bonchev–Trinajstić information content (AvgIpc) is 2.72. The smallest absolute Gasteiger partial charge is 0.433 e. The van der Waals surface area contributed by atoms with E-state index >= 15 is 0 Å². The third-order valence-electron chi connectivity index (χ3n) is 4.34. The first-order valence-electron chi connectivity index (χ1n) is 8.66. The number of hydrogen-bond acceptors (Lipinski definition) is 6. The van der Waals surface area contributed by atoms with Crippen LogP contribution in [0.3, 0.4) is 0 Å². The standard InChI is InChI=1S/C19H12Cl2F3N3O5S/c1-3-6-32-13-8-12(10(20)7-11(13)21)25-18(29)16-15(28)9-4-5-14(19(22,23)24)26-17(9)27(2)33(16,30)31/h1,4-5,7-8,28H,6H2,2H3,(H,25,29). The molecule has 0 saturated carbocycles. The van der Waals surface area contributed by atoms with Crippen LogP contribution in [0.15, 0.2) is 29.2 Å². The average molecular weight is 522 g/mol. The van der Waals surface area contributed by atoms with Gasteiger partial charge in [-0.3, -0.25) is 9.10 Å². The fourth-order valence-corrected chi connectivity index (χ4v) is 4.55. The van der Waals surface area contributed by atoms with Gasteiger partial charge in [-0.05, 0) is 18.2 Å².